The van der Waals surface area contributed by atoms with E-state index in [0.29, 0.717) is 13.2 Å². The second kappa shape index (κ2) is 8.87. The number of anilines is 1. The third-order valence-corrected chi connectivity index (χ3v) is 4.56. The number of fused-ring (bicyclic) bond motifs is 1. The van der Waals surface area contributed by atoms with Crippen molar-refractivity contribution in [2.45, 2.75) is 19.3 Å². The molecule has 0 spiro atoms. The van der Waals surface area contributed by atoms with E-state index in [9.17, 15) is 0 Å². The quantitative estimate of drug-likeness (QED) is 0.681. The average Bonchev–Trinajstić information content (AvgIpc) is 3.16. The number of pyridine rings is 1. The van der Waals surface area contributed by atoms with Crippen LogP contribution in [-0.2, 0) is 0 Å². The number of likely N-dealkylation sites (tertiary alicyclic amines) is 1. The maximum Gasteiger partial charge on any atom is 0.163 e. The lowest BCUT2D eigenvalue weighted by Gasteiger charge is -2.16. The minimum Gasteiger partial charge on any atom is -0.493 e. The predicted octanol–water partition coefficient (Wildman–Crippen LogP) is 2.48. The molecule has 1 aromatic carbocycles. The van der Waals surface area contributed by atoms with Crippen molar-refractivity contribution in [2.24, 2.45) is 5.73 Å². The zero-order chi connectivity index (χ0) is 17.5. The van der Waals surface area contributed by atoms with Gasteiger partial charge in [0.05, 0.1) is 19.2 Å². The van der Waals surface area contributed by atoms with Gasteiger partial charge in [-0.2, -0.15) is 0 Å². The molecule has 25 heavy (non-hydrogen) atoms. The van der Waals surface area contributed by atoms with Crippen LogP contribution < -0.4 is 20.5 Å². The monoisotopic (exact) mass is 344 g/mol. The Hall–Kier alpha value is -2.05. The Kier molecular flexibility index (Phi) is 6.30. The van der Waals surface area contributed by atoms with E-state index in [1.807, 2.05) is 18.2 Å². The van der Waals surface area contributed by atoms with Crippen LogP contribution in [-0.4, -0.2) is 56.3 Å². The SMILES string of the molecule is COc1cc2c(NCCN)ccnc2cc1OCCCN1CCCC1. The van der Waals surface area contributed by atoms with Crippen LogP contribution in [0.15, 0.2) is 24.4 Å². The van der Waals surface area contributed by atoms with E-state index in [0.717, 1.165) is 47.6 Å². The van der Waals surface area contributed by atoms with Gasteiger partial charge in [-0.15, -0.1) is 0 Å². The first kappa shape index (κ1) is 17.8. The van der Waals surface area contributed by atoms with E-state index < -0.39 is 0 Å². The minimum absolute atomic E-state index is 0.583. The van der Waals surface area contributed by atoms with Crippen molar-refractivity contribution in [1.82, 2.24) is 9.88 Å². The van der Waals surface area contributed by atoms with Gasteiger partial charge in [0, 0.05) is 43.0 Å². The average molecular weight is 344 g/mol. The standard InChI is InChI=1S/C19H28N4O2/c1-24-18-13-15-16(22-8-6-20)5-7-21-17(15)14-19(18)25-12-4-11-23-9-2-3-10-23/h5,7,13-14H,2-4,6,8-12,20H2,1H3,(H,21,22). The second-order valence-electron chi connectivity index (χ2n) is 6.34. The smallest absolute Gasteiger partial charge is 0.163 e. The third-order valence-electron chi connectivity index (χ3n) is 4.56. The van der Waals surface area contributed by atoms with E-state index in [-0.39, 0.29) is 0 Å². The molecule has 0 radical (unpaired) electrons. The molecule has 0 bridgehead atoms. The highest BCUT2D eigenvalue weighted by Crippen LogP contribution is 2.34. The fraction of sp³-hybridized carbons (Fsp3) is 0.526. The van der Waals surface area contributed by atoms with Crippen molar-refractivity contribution in [1.29, 1.82) is 0 Å². The van der Waals surface area contributed by atoms with Gasteiger partial charge in [0.25, 0.3) is 0 Å². The molecule has 136 valence electrons. The van der Waals surface area contributed by atoms with Gasteiger partial charge in [0.1, 0.15) is 0 Å². The highest BCUT2D eigenvalue weighted by Gasteiger charge is 2.12. The molecule has 1 aromatic heterocycles. The molecule has 1 saturated heterocycles. The van der Waals surface area contributed by atoms with Crippen molar-refractivity contribution in [3.63, 3.8) is 0 Å². The number of aromatic nitrogens is 1. The molecule has 3 N–H and O–H groups in total. The van der Waals surface area contributed by atoms with Gasteiger partial charge in [-0.25, -0.2) is 0 Å². The normalized spacial score (nSPS) is 14.8. The molecule has 6 heteroatoms. The number of nitrogens with zero attached hydrogens (tertiary/aromatic N) is 2. The summed E-state index contributed by atoms with van der Waals surface area (Å²) in [4.78, 5) is 6.96. The Morgan fingerprint density at radius 2 is 2.08 bits per heavy atom. The summed E-state index contributed by atoms with van der Waals surface area (Å²) in [7, 11) is 1.67. The molecular weight excluding hydrogens is 316 g/mol. The van der Waals surface area contributed by atoms with Crippen molar-refractivity contribution in [3.05, 3.63) is 24.4 Å². The van der Waals surface area contributed by atoms with Gasteiger partial charge in [-0.05, 0) is 44.5 Å². The highest BCUT2D eigenvalue weighted by atomic mass is 16.5. The van der Waals surface area contributed by atoms with Crippen LogP contribution in [0.5, 0.6) is 11.5 Å². The van der Waals surface area contributed by atoms with Crippen molar-refractivity contribution >= 4 is 16.6 Å². The molecule has 0 amide bonds. The summed E-state index contributed by atoms with van der Waals surface area (Å²) in [5.41, 5.74) is 7.48. The number of rotatable bonds is 9. The second-order valence-corrected chi connectivity index (χ2v) is 6.34. The Labute approximate surface area is 149 Å². The van der Waals surface area contributed by atoms with Crippen LogP contribution in [0.1, 0.15) is 19.3 Å². The van der Waals surface area contributed by atoms with Crippen LogP contribution in [0, 0.1) is 0 Å². The summed E-state index contributed by atoms with van der Waals surface area (Å²) in [6.45, 7) is 5.53. The van der Waals surface area contributed by atoms with Crippen molar-refractivity contribution in [2.75, 3.05) is 51.8 Å². The number of hydrogen-bond acceptors (Lipinski definition) is 6. The first-order valence-corrected chi connectivity index (χ1v) is 9.07. The van der Waals surface area contributed by atoms with Crippen LogP contribution in [0.2, 0.25) is 0 Å². The molecule has 0 aliphatic carbocycles. The lowest BCUT2D eigenvalue weighted by atomic mass is 10.1. The third kappa shape index (κ3) is 4.52. The number of methoxy groups -OCH3 is 1. The molecule has 1 aliphatic heterocycles. The van der Waals surface area contributed by atoms with Gasteiger partial charge >= 0.3 is 0 Å². The lowest BCUT2D eigenvalue weighted by Crippen LogP contribution is -2.21. The maximum atomic E-state index is 5.98. The summed E-state index contributed by atoms with van der Waals surface area (Å²) in [5, 5.41) is 4.34. The van der Waals surface area contributed by atoms with Gasteiger partial charge in [0.15, 0.2) is 11.5 Å². The molecule has 3 rings (SSSR count). The molecule has 6 nitrogen and oxygen atoms in total. The highest BCUT2D eigenvalue weighted by molar-refractivity contribution is 5.93. The molecule has 0 atom stereocenters. The molecule has 1 fully saturated rings. The van der Waals surface area contributed by atoms with Gasteiger partial charge < -0.3 is 25.4 Å². The maximum absolute atomic E-state index is 5.98. The fourth-order valence-corrected chi connectivity index (χ4v) is 3.26. The lowest BCUT2D eigenvalue weighted by molar-refractivity contribution is 0.254. The number of benzene rings is 1. The molecule has 2 aromatic rings. The fourth-order valence-electron chi connectivity index (χ4n) is 3.26. The van der Waals surface area contributed by atoms with E-state index >= 15 is 0 Å². The van der Waals surface area contributed by atoms with E-state index in [4.69, 9.17) is 15.2 Å². The number of nitrogens with one attached hydrogen (secondary N) is 1. The van der Waals surface area contributed by atoms with Gasteiger partial charge in [-0.3, -0.25) is 4.98 Å². The molecule has 0 unspecified atom stereocenters. The van der Waals surface area contributed by atoms with Crippen molar-refractivity contribution < 1.29 is 9.47 Å². The molecule has 0 saturated carbocycles. The van der Waals surface area contributed by atoms with E-state index in [1.54, 1.807) is 13.3 Å². The van der Waals surface area contributed by atoms with E-state index in [1.165, 1.54) is 25.9 Å². The summed E-state index contributed by atoms with van der Waals surface area (Å²) >= 11 is 0. The summed E-state index contributed by atoms with van der Waals surface area (Å²) in [6, 6.07) is 5.89. The zero-order valence-electron chi connectivity index (χ0n) is 15.0. The Morgan fingerprint density at radius 1 is 1.24 bits per heavy atom. The number of hydrogen-bond donors (Lipinski definition) is 2. The molecular formula is C19H28N4O2. The number of nitrogens with two attached hydrogens (primary N) is 1. The first-order chi connectivity index (χ1) is 12.3. The Balaban J connectivity index is 1.69. The topological polar surface area (TPSA) is 72.6 Å². The zero-order valence-corrected chi connectivity index (χ0v) is 15.0. The molecule has 1 aliphatic rings. The van der Waals surface area contributed by atoms with Crippen molar-refractivity contribution in [3.8, 4) is 11.5 Å². The summed E-state index contributed by atoms with van der Waals surface area (Å²) in [5.74, 6) is 1.48. The van der Waals surface area contributed by atoms with Gasteiger partial charge in [-0.1, -0.05) is 0 Å². The van der Waals surface area contributed by atoms with Crippen LogP contribution >= 0.6 is 0 Å². The first-order valence-electron chi connectivity index (χ1n) is 9.07. The predicted molar refractivity (Wildman–Crippen MR) is 102 cm³/mol. The largest absolute Gasteiger partial charge is 0.493 e. The minimum atomic E-state index is 0.583. The molecule has 2 heterocycles. The van der Waals surface area contributed by atoms with E-state index in [2.05, 4.69) is 15.2 Å². The Bertz CT molecular complexity index is 686. The summed E-state index contributed by atoms with van der Waals surface area (Å²) < 4.78 is 11.5. The van der Waals surface area contributed by atoms with Gasteiger partial charge in [0.2, 0.25) is 0 Å². The van der Waals surface area contributed by atoms with Crippen LogP contribution in [0.25, 0.3) is 10.9 Å². The van der Waals surface area contributed by atoms with Crippen LogP contribution in [0.3, 0.4) is 0 Å². The van der Waals surface area contributed by atoms with Crippen LogP contribution in [0.4, 0.5) is 5.69 Å². The Morgan fingerprint density at radius 3 is 2.84 bits per heavy atom. The summed E-state index contributed by atoms with van der Waals surface area (Å²) in [6.07, 6.45) is 5.47. The number of ether oxygens (including phenoxy) is 2.